The van der Waals surface area contributed by atoms with Crippen LogP contribution >= 0.6 is 23.2 Å². The van der Waals surface area contributed by atoms with Crippen LogP contribution in [0.15, 0.2) is 22.7 Å². The average molecular weight is 303 g/mol. The molecular formula is C11H8Cl2N2O4. The van der Waals surface area contributed by atoms with Crippen LogP contribution in [-0.4, -0.2) is 27.8 Å². The number of ether oxygens (including phenoxy) is 1. The molecule has 2 rings (SSSR count). The quantitative estimate of drug-likeness (QED) is 0.914. The maximum absolute atomic E-state index is 10.3. The van der Waals surface area contributed by atoms with Crippen LogP contribution in [0.1, 0.15) is 5.89 Å². The van der Waals surface area contributed by atoms with Crippen LogP contribution < -0.4 is 0 Å². The molecule has 100 valence electrons. The van der Waals surface area contributed by atoms with Crippen LogP contribution in [0.4, 0.5) is 0 Å². The molecular weight excluding hydrogens is 295 g/mol. The van der Waals surface area contributed by atoms with Crippen LogP contribution in [-0.2, 0) is 16.1 Å². The van der Waals surface area contributed by atoms with Gasteiger partial charge in [0.25, 0.3) is 5.89 Å². The molecule has 0 aliphatic carbocycles. The Morgan fingerprint density at radius 2 is 2.16 bits per heavy atom. The number of carboxylic acid groups (broad SMARTS) is 1. The molecule has 0 bridgehead atoms. The molecule has 1 aromatic heterocycles. The minimum atomic E-state index is -1.07. The monoisotopic (exact) mass is 302 g/mol. The fourth-order valence-corrected chi connectivity index (χ4v) is 1.59. The molecule has 0 radical (unpaired) electrons. The lowest BCUT2D eigenvalue weighted by atomic mass is 10.2. The number of aromatic nitrogens is 2. The van der Waals surface area contributed by atoms with Gasteiger partial charge >= 0.3 is 5.97 Å². The summed E-state index contributed by atoms with van der Waals surface area (Å²) in [5.74, 6) is -0.556. The fourth-order valence-electron chi connectivity index (χ4n) is 1.29. The highest BCUT2D eigenvalue weighted by molar-refractivity contribution is 6.42. The smallest absolute Gasteiger partial charge is 0.329 e. The average Bonchev–Trinajstić information content (AvgIpc) is 2.81. The van der Waals surface area contributed by atoms with Gasteiger partial charge in [0.05, 0.1) is 10.0 Å². The lowest BCUT2D eigenvalue weighted by Gasteiger charge is -1.97. The molecule has 8 heteroatoms. The third-order valence-corrected chi connectivity index (χ3v) is 2.84. The second-order valence-corrected chi connectivity index (χ2v) is 4.34. The summed E-state index contributed by atoms with van der Waals surface area (Å²) >= 11 is 11.7. The number of nitrogens with zero attached hydrogens (tertiary/aromatic N) is 2. The van der Waals surface area contributed by atoms with Crippen molar-refractivity contribution < 1.29 is 19.2 Å². The number of hydrogen-bond acceptors (Lipinski definition) is 5. The summed E-state index contributed by atoms with van der Waals surface area (Å²) in [7, 11) is 0. The van der Waals surface area contributed by atoms with Crippen molar-refractivity contribution in [3.63, 3.8) is 0 Å². The zero-order valence-corrected chi connectivity index (χ0v) is 11.0. The summed E-state index contributed by atoms with van der Waals surface area (Å²) in [6.45, 7) is -0.495. The highest BCUT2D eigenvalue weighted by Crippen LogP contribution is 2.27. The molecule has 2 aromatic rings. The predicted octanol–water partition coefficient (Wildman–Crippen LogP) is 2.64. The molecule has 0 amide bonds. The van der Waals surface area contributed by atoms with Gasteiger partial charge in [-0.15, -0.1) is 0 Å². The van der Waals surface area contributed by atoms with Gasteiger partial charge in [-0.25, -0.2) is 4.79 Å². The van der Waals surface area contributed by atoms with E-state index in [1.54, 1.807) is 18.2 Å². The van der Waals surface area contributed by atoms with Crippen molar-refractivity contribution in [2.24, 2.45) is 0 Å². The molecule has 0 aliphatic rings. The Balaban J connectivity index is 2.07. The normalized spacial score (nSPS) is 10.6. The summed E-state index contributed by atoms with van der Waals surface area (Å²) < 4.78 is 9.75. The Morgan fingerprint density at radius 1 is 1.37 bits per heavy atom. The van der Waals surface area contributed by atoms with Crippen LogP contribution in [0.5, 0.6) is 0 Å². The number of hydrogen-bond donors (Lipinski definition) is 1. The van der Waals surface area contributed by atoms with Crippen LogP contribution in [0.2, 0.25) is 10.0 Å². The Kier molecular flexibility index (Phi) is 4.36. The summed E-state index contributed by atoms with van der Waals surface area (Å²) in [4.78, 5) is 14.3. The minimum Gasteiger partial charge on any atom is -0.480 e. The SMILES string of the molecule is O=C(O)COCc1nc(-c2ccc(Cl)c(Cl)c2)no1. The van der Waals surface area contributed by atoms with Gasteiger partial charge in [0.15, 0.2) is 0 Å². The van der Waals surface area contributed by atoms with Gasteiger partial charge in [0.1, 0.15) is 13.2 Å². The first kappa shape index (κ1) is 13.8. The van der Waals surface area contributed by atoms with E-state index in [1.165, 1.54) is 0 Å². The van der Waals surface area contributed by atoms with Crippen molar-refractivity contribution >= 4 is 29.2 Å². The number of carboxylic acids is 1. The summed E-state index contributed by atoms with van der Waals surface area (Å²) in [6, 6.07) is 4.92. The molecule has 0 saturated carbocycles. The molecule has 6 nitrogen and oxygen atoms in total. The van der Waals surface area contributed by atoms with Crippen LogP contribution in [0.3, 0.4) is 0 Å². The number of carbonyl (C=O) groups is 1. The van der Waals surface area contributed by atoms with E-state index in [-0.39, 0.29) is 12.5 Å². The maximum Gasteiger partial charge on any atom is 0.329 e. The molecule has 0 fully saturated rings. The van der Waals surface area contributed by atoms with Crippen molar-refractivity contribution in [3.8, 4) is 11.4 Å². The predicted molar refractivity (Wildman–Crippen MR) is 67.0 cm³/mol. The molecule has 0 unspecified atom stereocenters. The number of benzene rings is 1. The standard InChI is InChI=1S/C11H8Cl2N2O4/c12-7-2-1-6(3-8(7)13)11-14-9(19-15-11)4-18-5-10(16)17/h1-3H,4-5H2,(H,16,17). The van der Waals surface area contributed by atoms with Gasteiger partial charge < -0.3 is 14.4 Å². The fraction of sp³-hybridized carbons (Fsp3) is 0.182. The van der Waals surface area contributed by atoms with Crippen molar-refractivity contribution in [2.45, 2.75) is 6.61 Å². The first-order valence-electron chi connectivity index (χ1n) is 5.14. The largest absolute Gasteiger partial charge is 0.480 e. The molecule has 1 heterocycles. The summed E-state index contributed by atoms with van der Waals surface area (Å²) in [5, 5.41) is 13.0. The highest BCUT2D eigenvalue weighted by atomic mass is 35.5. The number of halogens is 2. The molecule has 0 atom stereocenters. The Labute approximate surface area is 117 Å². The van der Waals surface area contributed by atoms with E-state index in [0.29, 0.717) is 21.4 Å². The third-order valence-electron chi connectivity index (χ3n) is 2.10. The molecule has 0 aliphatic heterocycles. The van der Waals surface area contributed by atoms with Crippen molar-refractivity contribution in [2.75, 3.05) is 6.61 Å². The summed E-state index contributed by atoms with van der Waals surface area (Å²) in [5.41, 5.74) is 0.641. The topological polar surface area (TPSA) is 85.5 Å². The third kappa shape index (κ3) is 3.66. The van der Waals surface area contributed by atoms with Gasteiger partial charge in [-0.05, 0) is 18.2 Å². The van der Waals surface area contributed by atoms with Crippen LogP contribution in [0.25, 0.3) is 11.4 Å². The maximum atomic E-state index is 10.3. The van der Waals surface area contributed by atoms with E-state index in [4.69, 9.17) is 37.6 Å². The first-order valence-corrected chi connectivity index (χ1v) is 5.89. The zero-order chi connectivity index (χ0) is 13.8. The van der Waals surface area contributed by atoms with Crippen molar-refractivity contribution in [1.29, 1.82) is 0 Å². The molecule has 19 heavy (non-hydrogen) atoms. The Morgan fingerprint density at radius 3 is 2.84 bits per heavy atom. The van der Waals surface area contributed by atoms with E-state index < -0.39 is 12.6 Å². The molecule has 0 spiro atoms. The van der Waals surface area contributed by atoms with E-state index in [0.717, 1.165) is 0 Å². The van der Waals surface area contributed by atoms with E-state index >= 15 is 0 Å². The lowest BCUT2D eigenvalue weighted by Crippen LogP contribution is -2.06. The number of aliphatic carboxylic acids is 1. The van der Waals surface area contributed by atoms with E-state index in [1.807, 2.05) is 0 Å². The van der Waals surface area contributed by atoms with Gasteiger partial charge in [-0.1, -0.05) is 28.4 Å². The minimum absolute atomic E-state index is 0.0688. The van der Waals surface area contributed by atoms with Crippen molar-refractivity contribution in [1.82, 2.24) is 10.1 Å². The molecule has 1 N–H and O–H groups in total. The van der Waals surface area contributed by atoms with E-state index in [2.05, 4.69) is 10.1 Å². The Hall–Kier alpha value is -1.63. The molecule has 1 aromatic carbocycles. The highest BCUT2D eigenvalue weighted by Gasteiger charge is 2.10. The first-order chi connectivity index (χ1) is 9.06. The van der Waals surface area contributed by atoms with Gasteiger partial charge in [0, 0.05) is 5.56 Å². The second-order valence-electron chi connectivity index (χ2n) is 3.53. The second kappa shape index (κ2) is 6.01. The summed E-state index contributed by atoms with van der Waals surface area (Å²) in [6.07, 6.45) is 0. The van der Waals surface area contributed by atoms with Gasteiger partial charge in [0.2, 0.25) is 5.82 Å². The van der Waals surface area contributed by atoms with Crippen molar-refractivity contribution in [3.05, 3.63) is 34.1 Å². The number of rotatable bonds is 5. The Bertz CT molecular complexity index is 600. The van der Waals surface area contributed by atoms with Gasteiger partial charge in [-0.3, -0.25) is 0 Å². The molecule has 0 saturated heterocycles. The van der Waals surface area contributed by atoms with Gasteiger partial charge in [-0.2, -0.15) is 4.98 Å². The lowest BCUT2D eigenvalue weighted by molar-refractivity contribution is -0.142. The van der Waals surface area contributed by atoms with E-state index in [9.17, 15) is 4.79 Å². The zero-order valence-electron chi connectivity index (χ0n) is 9.47. The van der Waals surface area contributed by atoms with Crippen LogP contribution in [0, 0.1) is 0 Å².